The van der Waals surface area contributed by atoms with Crippen LogP contribution < -0.4 is 5.32 Å². The first-order valence-corrected chi connectivity index (χ1v) is 6.30. The number of rotatable bonds is 6. The number of hydrogen-bond donors (Lipinski definition) is 2. The summed E-state index contributed by atoms with van der Waals surface area (Å²) >= 11 is 0. The molecule has 0 radical (unpaired) electrons. The summed E-state index contributed by atoms with van der Waals surface area (Å²) in [5.41, 5.74) is 1.40. The van der Waals surface area contributed by atoms with Crippen molar-refractivity contribution in [3.63, 3.8) is 0 Å². The molecule has 16 heavy (non-hydrogen) atoms. The van der Waals surface area contributed by atoms with Crippen LogP contribution in [0.2, 0.25) is 0 Å². The van der Waals surface area contributed by atoms with E-state index in [1.807, 2.05) is 0 Å². The number of nitrogens with one attached hydrogen (secondary N) is 1. The third-order valence-electron chi connectivity index (χ3n) is 3.06. The predicted octanol–water partition coefficient (Wildman–Crippen LogP) is 2.65. The Balaban J connectivity index is 2.18. The van der Waals surface area contributed by atoms with Crippen molar-refractivity contribution in [2.45, 2.75) is 52.1 Å². The number of aliphatic hydroxyl groups excluding tert-OH is 1. The van der Waals surface area contributed by atoms with E-state index < -0.39 is 0 Å². The maximum absolute atomic E-state index is 9.03. The molecule has 0 aromatic carbocycles. The van der Waals surface area contributed by atoms with Gasteiger partial charge in [0.15, 0.2) is 0 Å². The zero-order valence-electron chi connectivity index (χ0n) is 10.7. The highest BCUT2D eigenvalue weighted by molar-refractivity contribution is 5.06. The molecule has 1 rings (SSSR count). The van der Waals surface area contributed by atoms with E-state index in [0.717, 1.165) is 12.8 Å². The molecule has 2 nitrogen and oxygen atoms in total. The summed E-state index contributed by atoms with van der Waals surface area (Å²) in [6.45, 7) is 6.80. The third kappa shape index (κ3) is 4.95. The molecule has 92 valence electrons. The normalized spacial score (nSPS) is 25.8. The summed E-state index contributed by atoms with van der Waals surface area (Å²) in [6, 6.07) is 1.00. The lowest BCUT2D eigenvalue weighted by atomic mass is 10.1. The fourth-order valence-corrected chi connectivity index (χ4v) is 2.10. The second-order valence-corrected chi connectivity index (χ2v) is 5.10. The van der Waals surface area contributed by atoms with Crippen molar-refractivity contribution >= 4 is 0 Å². The van der Waals surface area contributed by atoms with Crippen molar-refractivity contribution in [2.24, 2.45) is 5.92 Å². The second kappa shape index (κ2) is 6.87. The fraction of sp³-hybridized carbons (Fsp3) is 0.714. The van der Waals surface area contributed by atoms with Crippen LogP contribution in [0, 0.1) is 5.92 Å². The highest BCUT2D eigenvalue weighted by Gasteiger charge is 2.18. The lowest BCUT2D eigenvalue weighted by Gasteiger charge is -2.18. The Bertz CT molecular complexity index is 253. The van der Waals surface area contributed by atoms with Gasteiger partial charge in [-0.2, -0.15) is 0 Å². The summed E-state index contributed by atoms with van der Waals surface area (Å²) in [4.78, 5) is 0. The highest BCUT2D eigenvalue weighted by atomic mass is 16.3. The first kappa shape index (κ1) is 13.5. The number of aliphatic hydroxyl groups is 1. The van der Waals surface area contributed by atoms with E-state index in [-0.39, 0.29) is 6.61 Å². The lowest BCUT2D eigenvalue weighted by molar-refractivity contribution is 0.244. The van der Waals surface area contributed by atoms with Crippen LogP contribution >= 0.6 is 0 Å². The van der Waals surface area contributed by atoms with Gasteiger partial charge in [0.05, 0.1) is 0 Å². The fourth-order valence-electron chi connectivity index (χ4n) is 2.10. The molecule has 0 aromatic heterocycles. The minimum Gasteiger partial charge on any atom is -0.396 e. The van der Waals surface area contributed by atoms with Gasteiger partial charge in [-0.25, -0.2) is 0 Å². The Morgan fingerprint density at radius 1 is 1.50 bits per heavy atom. The van der Waals surface area contributed by atoms with Crippen molar-refractivity contribution < 1.29 is 5.11 Å². The molecule has 1 aliphatic carbocycles. The minimum atomic E-state index is 0.279. The first-order chi connectivity index (χ1) is 7.61. The van der Waals surface area contributed by atoms with Gasteiger partial charge in [-0.1, -0.05) is 23.8 Å². The molecule has 0 fully saturated rings. The molecule has 0 heterocycles. The van der Waals surface area contributed by atoms with E-state index in [0.29, 0.717) is 18.0 Å². The van der Waals surface area contributed by atoms with Crippen molar-refractivity contribution in [2.75, 3.05) is 6.61 Å². The predicted molar refractivity (Wildman–Crippen MR) is 69.4 cm³/mol. The average molecular weight is 223 g/mol. The quantitative estimate of drug-likeness (QED) is 0.679. The molecule has 0 bridgehead atoms. The first-order valence-electron chi connectivity index (χ1n) is 6.30. The van der Waals surface area contributed by atoms with Crippen LogP contribution in [-0.2, 0) is 0 Å². The lowest BCUT2D eigenvalue weighted by Crippen LogP contribution is -2.34. The van der Waals surface area contributed by atoms with Crippen molar-refractivity contribution in [3.05, 3.63) is 23.8 Å². The molecular weight excluding hydrogens is 198 g/mol. The van der Waals surface area contributed by atoms with Crippen molar-refractivity contribution in [1.29, 1.82) is 0 Å². The number of allylic oxidation sites excluding steroid dienone is 2. The molecule has 0 aromatic rings. The van der Waals surface area contributed by atoms with Crippen LogP contribution in [0.25, 0.3) is 0 Å². The molecule has 0 saturated carbocycles. The Hall–Kier alpha value is -0.600. The van der Waals surface area contributed by atoms with E-state index >= 15 is 0 Å². The number of hydrogen-bond acceptors (Lipinski definition) is 2. The molecular formula is C14H25NO. The van der Waals surface area contributed by atoms with Gasteiger partial charge < -0.3 is 10.4 Å². The molecule has 0 spiro atoms. The SMILES string of the molecule is CC(C)=CCCC(C)N[C@@H]1C=C[C@H](CO)C1. The summed E-state index contributed by atoms with van der Waals surface area (Å²) in [7, 11) is 0. The van der Waals surface area contributed by atoms with Crippen molar-refractivity contribution in [3.8, 4) is 0 Å². The van der Waals surface area contributed by atoms with Crippen molar-refractivity contribution in [1.82, 2.24) is 5.32 Å². The Labute approximate surface area is 99.4 Å². The van der Waals surface area contributed by atoms with E-state index in [2.05, 4.69) is 44.3 Å². The van der Waals surface area contributed by atoms with Gasteiger partial charge in [0.25, 0.3) is 0 Å². The summed E-state index contributed by atoms with van der Waals surface area (Å²) in [6.07, 6.45) is 9.98. The molecule has 0 amide bonds. The van der Waals surface area contributed by atoms with Gasteiger partial charge >= 0.3 is 0 Å². The smallest absolute Gasteiger partial charge is 0.0494 e. The summed E-state index contributed by atoms with van der Waals surface area (Å²) in [5.74, 6) is 0.363. The summed E-state index contributed by atoms with van der Waals surface area (Å²) < 4.78 is 0. The largest absolute Gasteiger partial charge is 0.396 e. The molecule has 1 unspecified atom stereocenters. The molecule has 0 saturated heterocycles. The van der Waals surface area contributed by atoms with Gasteiger partial charge in [0, 0.05) is 24.6 Å². The van der Waals surface area contributed by atoms with E-state index in [1.165, 1.54) is 12.0 Å². The van der Waals surface area contributed by atoms with Gasteiger partial charge in [-0.3, -0.25) is 0 Å². The van der Waals surface area contributed by atoms with Crippen LogP contribution in [0.1, 0.15) is 40.0 Å². The van der Waals surface area contributed by atoms with Crippen LogP contribution in [0.3, 0.4) is 0 Å². The maximum Gasteiger partial charge on any atom is 0.0494 e. The molecule has 0 aliphatic heterocycles. The third-order valence-corrected chi connectivity index (χ3v) is 3.06. The van der Waals surface area contributed by atoms with Crippen LogP contribution in [-0.4, -0.2) is 23.8 Å². The van der Waals surface area contributed by atoms with E-state index in [9.17, 15) is 0 Å². The Kier molecular flexibility index (Phi) is 5.78. The van der Waals surface area contributed by atoms with Gasteiger partial charge in [0.2, 0.25) is 0 Å². The Morgan fingerprint density at radius 2 is 2.25 bits per heavy atom. The zero-order valence-corrected chi connectivity index (χ0v) is 10.7. The van der Waals surface area contributed by atoms with Gasteiger partial charge in [-0.05, 0) is 40.0 Å². The molecule has 3 atom stereocenters. The average Bonchev–Trinajstić information content (AvgIpc) is 2.65. The topological polar surface area (TPSA) is 32.3 Å². The maximum atomic E-state index is 9.03. The van der Waals surface area contributed by atoms with Crippen LogP contribution in [0.5, 0.6) is 0 Å². The Morgan fingerprint density at radius 3 is 2.81 bits per heavy atom. The molecule has 2 heteroatoms. The standard InChI is InChI=1S/C14H25NO/c1-11(2)5-4-6-12(3)15-14-8-7-13(9-14)10-16/h5,7-8,12-16H,4,6,9-10H2,1-3H3/t12?,13-,14+/m0/s1. The highest BCUT2D eigenvalue weighted by Crippen LogP contribution is 2.18. The van der Waals surface area contributed by atoms with Crippen LogP contribution in [0.15, 0.2) is 23.8 Å². The van der Waals surface area contributed by atoms with Crippen LogP contribution in [0.4, 0.5) is 0 Å². The zero-order chi connectivity index (χ0) is 12.0. The van der Waals surface area contributed by atoms with Gasteiger partial charge in [0.1, 0.15) is 0 Å². The molecule has 2 N–H and O–H groups in total. The monoisotopic (exact) mass is 223 g/mol. The minimum absolute atomic E-state index is 0.279. The summed E-state index contributed by atoms with van der Waals surface area (Å²) in [5, 5.41) is 12.6. The second-order valence-electron chi connectivity index (χ2n) is 5.10. The van der Waals surface area contributed by atoms with E-state index in [1.54, 1.807) is 0 Å². The van der Waals surface area contributed by atoms with E-state index in [4.69, 9.17) is 5.11 Å². The molecule has 1 aliphatic rings. The van der Waals surface area contributed by atoms with Gasteiger partial charge in [-0.15, -0.1) is 0 Å².